The summed E-state index contributed by atoms with van der Waals surface area (Å²) in [5.41, 5.74) is 4.76. The SMILES string of the molecule is Cc1nn(C)c(C)c1CC(=O)Nc1ccc(-c2nccs2)cc1. The van der Waals surface area contributed by atoms with Crippen molar-refractivity contribution in [2.45, 2.75) is 20.3 Å². The molecule has 3 rings (SSSR count). The summed E-state index contributed by atoms with van der Waals surface area (Å²) in [4.78, 5) is 16.5. The molecule has 0 saturated heterocycles. The number of aryl methyl sites for hydroxylation is 2. The Morgan fingerprint density at radius 3 is 2.57 bits per heavy atom. The van der Waals surface area contributed by atoms with Crippen LogP contribution in [0.4, 0.5) is 5.69 Å². The second kappa shape index (κ2) is 6.34. The molecule has 5 nitrogen and oxygen atoms in total. The van der Waals surface area contributed by atoms with E-state index in [2.05, 4.69) is 15.4 Å². The van der Waals surface area contributed by atoms with E-state index in [9.17, 15) is 4.79 Å². The van der Waals surface area contributed by atoms with Gasteiger partial charge in [-0.25, -0.2) is 4.98 Å². The number of anilines is 1. The predicted octanol–water partition coefficient (Wildman–Crippen LogP) is 3.34. The Labute approximate surface area is 139 Å². The second-order valence-corrected chi connectivity index (χ2v) is 6.31. The molecule has 0 saturated carbocycles. The van der Waals surface area contributed by atoms with E-state index in [1.807, 2.05) is 50.5 Å². The third kappa shape index (κ3) is 3.32. The summed E-state index contributed by atoms with van der Waals surface area (Å²) in [6.07, 6.45) is 2.12. The zero-order valence-corrected chi connectivity index (χ0v) is 14.1. The molecule has 3 aromatic rings. The van der Waals surface area contributed by atoms with Crippen LogP contribution in [0.3, 0.4) is 0 Å². The van der Waals surface area contributed by atoms with Gasteiger partial charge in [-0.15, -0.1) is 11.3 Å². The maximum absolute atomic E-state index is 12.3. The number of nitrogens with zero attached hydrogens (tertiary/aromatic N) is 3. The molecule has 0 atom stereocenters. The highest BCUT2D eigenvalue weighted by molar-refractivity contribution is 7.13. The van der Waals surface area contributed by atoms with E-state index in [1.54, 1.807) is 22.2 Å². The van der Waals surface area contributed by atoms with Gasteiger partial charge >= 0.3 is 0 Å². The highest BCUT2D eigenvalue weighted by Crippen LogP contribution is 2.23. The number of amides is 1. The fourth-order valence-electron chi connectivity index (χ4n) is 2.50. The van der Waals surface area contributed by atoms with Crippen LogP contribution in [-0.4, -0.2) is 20.7 Å². The van der Waals surface area contributed by atoms with E-state index in [4.69, 9.17) is 0 Å². The van der Waals surface area contributed by atoms with Crippen LogP contribution in [0.25, 0.3) is 10.6 Å². The van der Waals surface area contributed by atoms with Crippen LogP contribution in [0, 0.1) is 13.8 Å². The molecule has 0 radical (unpaired) electrons. The number of carbonyl (C=O) groups is 1. The minimum atomic E-state index is -0.0359. The number of carbonyl (C=O) groups excluding carboxylic acids is 1. The first-order valence-electron chi connectivity index (χ1n) is 7.33. The molecule has 1 amide bonds. The minimum Gasteiger partial charge on any atom is -0.326 e. The standard InChI is InChI=1S/C17H18N4OS/c1-11-15(12(2)21(3)20-11)10-16(22)19-14-6-4-13(5-7-14)17-18-8-9-23-17/h4-9H,10H2,1-3H3,(H,19,22). The Morgan fingerprint density at radius 2 is 2.00 bits per heavy atom. The number of thiazole rings is 1. The maximum Gasteiger partial charge on any atom is 0.228 e. The zero-order valence-electron chi connectivity index (χ0n) is 13.3. The molecular weight excluding hydrogens is 308 g/mol. The van der Waals surface area contributed by atoms with E-state index < -0.39 is 0 Å². The summed E-state index contributed by atoms with van der Waals surface area (Å²) in [5.74, 6) is -0.0359. The lowest BCUT2D eigenvalue weighted by molar-refractivity contribution is -0.115. The number of nitrogens with one attached hydrogen (secondary N) is 1. The van der Waals surface area contributed by atoms with E-state index in [0.717, 1.165) is 33.2 Å². The van der Waals surface area contributed by atoms with Gasteiger partial charge in [-0.1, -0.05) is 0 Å². The van der Waals surface area contributed by atoms with E-state index in [1.165, 1.54) is 0 Å². The van der Waals surface area contributed by atoms with Gasteiger partial charge in [-0.3, -0.25) is 9.48 Å². The Bertz CT molecular complexity index is 819. The molecule has 2 aromatic heterocycles. The van der Waals surface area contributed by atoms with E-state index in [-0.39, 0.29) is 5.91 Å². The fourth-order valence-corrected chi connectivity index (χ4v) is 3.15. The maximum atomic E-state index is 12.3. The van der Waals surface area contributed by atoms with Gasteiger partial charge in [0, 0.05) is 41.1 Å². The molecule has 1 aromatic carbocycles. The highest BCUT2D eigenvalue weighted by atomic mass is 32.1. The Balaban J connectivity index is 1.68. The first-order chi connectivity index (χ1) is 11.0. The lowest BCUT2D eigenvalue weighted by Gasteiger charge is -2.06. The normalized spacial score (nSPS) is 10.7. The van der Waals surface area contributed by atoms with Crippen molar-refractivity contribution in [3.8, 4) is 10.6 Å². The molecular formula is C17H18N4OS. The largest absolute Gasteiger partial charge is 0.326 e. The van der Waals surface area contributed by atoms with Crippen LogP contribution in [0.1, 0.15) is 17.0 Å². The molecule has 23 heavy (non-hydrogen) atoms. The van der Waals surface area contributed by atoms with Crippen LogP contribution in [0.15, 0.2) is 35.8 Å². The first-order valence-corrected chi connectivity index (χ1v) is 8.21. The number of rotatable bonds is 4. The lowest BCUT2D eigenvalue weighted by atomic mass is 10.1. The van der Waals surface area contributed by atoms with Crippen molar-refractivity contribution < 1.29 is 4.79 Å². The van der Waals surface area contributed by atoms with Gasteiger partial charge < -0.3 is 5.32 Å². The summed E-state index contributed by atoms with van der Waals surface area (Å²) in [6.45, 7) is 3.91. The number of hydrogen-bond donors (Lipinski definition) is 1. The third-order valence-corrected chi connectivity index (χ3v) is 4.67. The van der Waals surface area contributed by atoms with Crippen molar-refractivity contribution in [1.29, 1.82) is 0 Å². The topological polar surface area (TPSA) is 59.8 Å². The van der Waals surface area contributed by atoms with Gasteiger partial charge in [-0.05, 0) is 38.1 Å². The van der Waals surface area contributed by atoms with Crippen molar-refractivity contribution in [3.63, 3.8) is 0 Å². The van der Waals surface area contributed by atoms with Crippen molar-refractivity contribution >= 4 is 22.9 Å². The van der Waals surface area contributed by atoms with Crippen molar-refractivity contribution in [2.75, 3.05) is 5.32 Å². The summed E-state index contributed by atoms with van der Waals surface area (Å²) < 4.78 is 1.81. The van der Waals surface area contributed by atoms with Crippen LogP contribution < -0.4 is 5.32 Å². The van der Waals surface area contributed by atoms with Crippen molar-refractivity contribution in [1.82, 2.24) is 14.8 Å². The minimum absolute atomic E-state index is 0.0359. The van der Waals surface area contributed by atoms with Crippen LogP contribution in [0.2, 0.25) is 0 Å². The first kappa shape index (κ1) is 15.4. The fraction of sp³-hybridized carbons (Fsp3) is 0.235. The van der Waals surface area contributed by atoms with E-state index in [0.29, 0.717) is 6.42 Å². The van der Waals surface area contributed by atoms with Gasteiger partial charge in [0.25, 0.3) is 0 Å². The third-order valence-electron chi connectivity index (χ3n) is 3.84. The summed E-state index contributed by atoms with van der Waals surface area (Å²) in [6, 6.07) is 7.74. The molecule has 6 heteroatoms. The van der Waals surface area contributed by atoms with Crippen LogP contribution in [-0.2, 0) is 18.3 Å². The quantitative estimate of drug-likeness (QED) is 0.800. The average Bonchev–Trinajstić information content (AvgIpc) is 3.13. The zero-order chi connectivity index (χ0) is 16.4. The monoisotopic (exact) mass is 326 g/mol. The molecule has 0 spiro atoms. The molecule has 0 aliphatic carbocycles. The predicted molar refractivity (Wildman–Crippen MR) is 92.6 cm³/mol. The van der Waals surface area contributed by atoms with Gasteiger partial charge in [0.2, 0.25) is 5.91 Å². The number of aromatic nitrogens is 3. The second-order valence-electron chi connectivity index (χ2n) is 5.41. The highest BCUT2D eigenvalue weighted by Gasteiger charge is 2.13. The molecule has 2 heterocycles. The summed E-state index contributed by atoms with van der Waals surface area (Å²) in [7, 11) is 1.89. The average molecular weight is 326 g/mol. The van der Waals surface area contributed by atoms with Crippen LogP contribution in [0.5, 0.6) is 0 Å². The number of hydrogen-bond acceptors (Lipinski definition) is 4. The number of benzene rings is 1. The van der Waals surface area contributed by atoms with Gasteiger partial charge in [-0.2, -0.15) is 5.10 Å². The molecule has 0 aliphatic heterocycles. The molecule has 0 bridgehead atoms. The molecule has 1 N–H and O–H groups in total. The molecule has 0 fully saturated rings. The van der Waals surface area contributed by atoms with E-state index >= 15 is 0 Å². The Morgan fingerprint density at radius 1 is 1.26 bits per heavy atom. The van der Waals surface area contributed by atoms with Gasteiger partial charge in [0.1, 0.15) is 5.01 Å². The Kier molecular flexibility index (Phi) is 4.25. The molecule has 118 valence electrons. The van der Waals surface area contributed by atoms with Gasteiger partial charge in [0.15, 0.2) is 0 Å². The summed E-state index contributed by atoms with van der Waals surface area (Å²) >= 11 is 1.60. The molecule has 0 unspecified atom stereocenters. The van der Waals surface area contributed by atoms with Crippen molar-refractivity contribution in [2.24, 2.45) is 7.05 Å². The lowest BCUT2D eigenvalue weighted by Crippen LogP contribution is -2.15. The molecule has 0 aliphatic rings. The van der Waals surface area contributed by atoms with Gasteiger partial charge in [0.05, 0.1) is 12.1 Å². The van der Waals surface area contributed by atoms with Crippen molar-refractivity contribution in [3.05, 3.63) is 52.8 Å². The smallest absolute Gasteiger partial charge is 0.228 e. The van der Waals surface area contributed by atoms with Crippen LogP contribution >= 0.6 is 11.3 Å². The Hall–Kier alpha value is -2.47. The summed E-state index contributed by atoms with van der Waals surface area (Å²) in [5, 5.41) is 10.2.